The van der Waals surface area contributed by atoms with Gasteiger partial charge in [0.2, 0.25) is 0 Å². The summed E-state index contributed by atoms with van der Waals surface area (Å²) in [5, 5.41) is 3.50. The largest absolute Gasteiger partial charge is 0.495 e. The van der Waals surface area contributed by atoms with Gasteiger partial charge in [0, 0.05) is 12.1 Å². The van der Waals surface area contributed by atoms with Crippen molar-refractivity contribution in [2.75, 3.05) is 12.4 Å². The van der Waals surface area contributed by atoms with Gasteiger partial charge in [-0.25, -0.2) is 0 Å². The molecule has 88 valence electrons. The van der Waals surface area contributed by atoms with Gasteiger partial charge >= 0.3 is 0 Å². The maximum Gasteiger partial charge on any atom is 0.141 e. The molecule has 0 radical (unpaired) electrons. The number of ether oxygens (including phenoxy) is 1. The Kier molecular flexibility index (Phi) is 3.67. The monoisotopic (exact) mass is 220 g/mol. The molecule has 0 spiro atoms. The van der Waals surface area contributed by atoms with E-state index in [2.05, 4.69) is 5.32 Å². The number of anilines is 1. The lowest BCUT2D eigenvalue weighted by Gasteiger charge is -2.30. The predicted molar refractivity (Wildman–Crippen MR) is 66.8 cm³/mol. The van der Waals surface area contributed by atoms with Gasteiger partial charge in [0.25, 0.3) is 0 Å². The van der Waals surface area contributed by atoms with Crippen molar-refractivity contribution in [1.29, 1.82) is 0 Å². The molecule has 1 aliphatic carbocycles. The number of nitrogens with one attached hydrogen (secondary N) is 1. The number of hydrogen-bond acceptors (Lipinski definition) is 3. The van der Waals surface area contributed by atoms with Gasteiger partial charge in [-0.2, -0.15) is 0 Å². The van der Waals surface area contributed by atoms with Gasteiger partial charge in [-0.3, -0.25) is 0 Å². The Morgan fingerprint density at radius 3 is 2.75 bits per heavy atom. The Bertz CT molecular complexity index is 340. The first-order valence-electron chi connectivity index (χ1n) is 5.96. The van der Waals surface area contributed by atoms with Crippen molar-refractivity contribution in [2.24, 2.45) is 5.73 Å². The predicted octanol–water partition coefficient (Wildman–Crippen LogP) is 2.38. The van der Waals surface area contributed by atoms with Crippen molar-refractivity contribution in [3.8, 4) is 5.75 Å². The maximum atomic E-state index is 6.12. The van der Waals surface area contributed by atoms with Gasteiger partial charge in [0.05, 0.1) is 12.8 Å². The van der Waals surface area contributed by atoms with Crippen LogP contribution in [0.3, 0.4) is 0 Å². The molecule has 1 aromatic rings. The van der Waals surface area contributed by atoms with Crippen molar-refractivity contribution in [3.63, 3.8) is 0 Å². The molecule has 0 unspecified atom stereocenters. The molecular weight excluding hydrogens is 200 g/mol. The molecule has 2 rings (SSSR count). The van der Waals surface area contributed by atoms with Crippen LogP contribution < -0.4 is 15.8 Å². The molecule has 0 bridgehead atoms. The Morgan fingerprint density at radius 2 is 2.00 bits per heavy atom. The zero-order valence-corrected chi connectivity index (χ0v) is 9.78. The average Bonchev–Trinajstić information content (AvgIpc) is 2.33. The third kappa shape index (κ3) is 2.47. The minimum Gasteiger partial charge on any atom is -0.495 e. The summed E-state index contributed by atoms with van der Waals surface area (Å²) < 4.78 is 5.32. The molecule has 0 aromatic heterocycles. The zero-order valence-electron chi connectivity index (χ0n) is 9.78. The molecule has 3 N–H and O–H groups in total. The fourth-order valence-corrected chi connectivity index (χ4v) is 2.30. The van der Waals surface area contributed by atoms with Crippen LogP contribution in [0.5, 0.6) is 5.75 Å². The third-order valence-electron chi connectivity index (χ3n) is 3.27. The lowest BCUT2D eigenvalue weighted by molar-refractivity contribution is 0.396. The minimum absolute atomic E-state index is 0.263. The molecule has 0 aliphatic heterocycles. The smallest absolute Gasteiger partial charge is 0.141 e. The molecule has 3 heteroatoms. The summed E-state index contributed by atoms with van der Waals surface area (Å²) >= 11 is 0. The first-order valence-corrected chi connectivity index (χ1v) is 5.96. The van der Waals surface area contributed by atoms with Gasteiger partial charge in [0.15, 0.2) is 0 Å². The van der Waals surface area contributed by atoms with Crippen molar-refractivity contribution in [2.45, 2.75) is 37.8 Å². The molecule has 0 heterocycles. The van der Waals surface area contributed by atoms with Gasteiger partial charge in [0.1, 0.15) is 5.75 Å². The lowest BCUT2D eigenvalue weighted by Crippen LogP contribution is -2.42. The van der Waals surface area contributed by atoms with Gasteiger partial charge < -0.3 is 15.8 Å². The van der Waals surface area contributed by atoms with E-state index in [9.17, 15) is 0 Å². The van der Waals surface area contributed by atoms with Crippen LogP contribution in [0.25, 0.3) is 0 Å². The number of benzene rings is 1. The second-order valence-corrected chi connectivity index (χ2v) is 4.40. The number of methoxy groups -OCH3 is 1. The SMILES string of the molecule is COc1ccccc1N[C@@H]1CCCC[C@@H]1N. The van der Waals surface area contributed by atoms with E-state index in [0.29, 0.717) is 6.04 Å². The minimum atomic E-state index is 0.263. The second kappa shape index (κ2) is 5.21. The molecule has 16 heavy (non-hydrogen) atoms. The molecule has 1 saturated carbocycles. The van der Waals surface area contributed by atoms with E-state index in [-0.39, 0.29) is 6.04 Å². The Hall–Kier alpha value is -1.22. The topological polar surface area (TPSA) is 47.3 Å². The first kappa shape index (κ1) is 11.3. The van der Waals surface area contributed by atoms with E-state index in [1.165, 1.54) is 12.8 Å². The highest BCUT2D eigenvalue weighted by atomic mass is 16.5. The van der Waals surface area contributed by atoms with Crippen LogP contribution in [0, 0.1) is 0 Å². The van der Waals surface area contributed by atoms with E-state index in [4.69, 9.17) is 10.5 Å². The molecule has 3 nitrogen and oxygen atoms in total. The summed E-state index contributed by atoms with van der Waals surface area (Å²) in [6.07, 6.45) is 4.79. The molecule has 0 saturated heterocycles. The fourth-order valence-electron chi connectivity index (χ4n) is 2.30. The number of rotatable bonds is 3. The van der Waals surface area contributed by atoms with Gasteiger partial charge in [-0.1, -0.05) is 25.0 Å². The molecular formula is C13H20N2O. The molecule has 1 aliphatic rings. The second-order valence-electron chi connectivity index (χ2n) is 4.40. The van der Waals surface area contributed by atoms with Crippen molar-refractivity contribution in [3.05, 3.63) is 24.3 Å². The van der Waals surface area contributed by atoms with Crippen LogP contribution in [0.15, 0.2) is 24.3 Å². The fraction of sp³-hybridized carbons (Fsp3) is 0.538. The summed E-state index contributed by atoms with van der Waals surface area (Å²) in [6.45, 7) is 0. The Morgan fingerprint density at radius 1 is 1.25 bits per heavy atom. The van der Waals surface area contributed by atoms with E-state index < -0.39 is 0 Å². The maximum absolute atomic E-state index is 6.12. The van der Waals surface area contributed by atoms with E-state index in [1.54, 1.807) is 7.11 Å². The molecule has 1 fully saturated rings. The molecule has 2 atom stereocenters. The highest BCUT2D eigenvalue weighted by molar-refractivity contribution is 5.56. The normalized spacial score (nSPS) is 25.1. The van der Waals surface area contributed by atoms with E-state index in [1.807, 2.05) is 24.3 Å². The Balaban J connectivity index is 2.07. The summed E-state index contributed by atoms with van der Waals surface area (Å²) in [7, 11) is 1.70. The summed E-state index contributed by atoms with van der Waals surface area (Å²) in [6, 6.07) is 8.64. The standard InChI is InChI=1S/C13H20N2O/c1-16-13-9-5-4-8-12(13)15-11-7-3-2-6-10(11)14/h4-5,8-11,15H,2-3,6-7,14H2,1H3/t10-,11+/m0/s1. The average molecular weight is 220 g/mol. The van der Waals surface area contributed by atoms with Crippen molar-refractivity contribution >= 4 is 5.69 Å². The quantitative estimate of drug-likeness (QED) is 0.822. The highest BCUT2D eigenvalue weighted by Gasteiger charge is 2.22. The third-order valence-corrected chi connectivity index (χ3v) is 3.27. The number of para-hydroxylation sites is 2. The molecule has 0 amide bonds. The van der Waals surface area contributed by atoms with E-state index in [0.717, 1.165) is 24.3 Å². The zero-order chi connectivity index (χ0) is 11.4. The lowest BCUT2D eigenvalue weighted by atomic mass is 9.91. The molecule has 1 aromatic carbocycles. The summed E-state index contributed by atoms with van der Waals surface area (Å²) in [5.41, 5.74) is 7.16. The van der Waals surface area contributed by atoms with Crippen LogP contribution in [-0.4, -0.2) is 19.2 Å². The number of nitrogens with two attached hydrogens (primary N) is 1. The van der Waals surface area contributed by atoms with Gasteiger partial charge in [-0.15, -0.1) is 0 Å². The van der Waals surface area contributed by atoms with Crippen molar-refractivity contribution < 1.29 is 4.74 Å². The van der Waals surface area contributed by atoms with Gasteiger partial charge in [-0.05, 0) is 25.0 Å². The van der Waals surface area contributed by atoms with Crippen LogP contribution in [-0.2, 0) is 0 Å². The van der Waals surface area contributed by atoms with Crippen LogP contribution in [0.2, 0.25) is 0 Å². The van der Waals surface area contributed by atoms with Crippen LogP contribution in [0.1, 0.15) is 25.7 Å². The van der Waals surface area contributed by atoms with Crippen molar-refractivity contribution in [1.82, 2.24) is 0 Å². The van der Waals surface area contributed by atoms with Crippen LogP contribution in [0.4, 0.5) is 5.69 Å². The highest BCUT2D eigenvalue weighted by Crippen LogP contribution is 2.27. The first-order chi connectivity index (χ1) is 7.81. The number of hydrogen-bond donors (Lipinski definition) is 2. The summed E-state index contributed by atoms with van der Waals surface area (Å²) in [5.74, 6) is 0.889. The Labute approximate surface area is 97.0 Å². The summed E-state index contributed by atoms with van der Waals surface area (Å²) in [4.78, 5) is 0. The van der Waals surface area contributed by atoms with E-state index >= 15 is 0 Å². The van der Waals surface area contributed by atoms with Crippen LogP contribution >= 0.6 is 0 Å².